The Morgan fingerprint density at radius 3 is 2.68 bits per heavy atom. The van der Waals surface area contributed by atoms with Gasteiger partial charge in [-0.2, -0.15) is 0 Å². The number of hydrogen-bond donors (Lipinski definition) is 1. The summed E-state index contributed by atoms with van der Waals surface area (Å²) in [6.07, 6.45) is 2.96. The molecule has 192 valence electrons. The number of carbonyl (C=O) groups is 1. The molecular weight excluding hydrogens is 522 g/mol. The molecule has 0 aliphatic heterocycles. The smallest absolute Gasteiger partial charge is 0.267 e. The van der Waals surface area contributed by atoms with Crippen molar-refractivity contribution in [3.63, 3.8) is 0 Å². The number of nitrogens with zero attached hydrogens (tertiary/aromatic N) is 2. The molecule has 2 aromatic heterocycles. The molecule has 1 N–H and O–H groups in total. The minimum atomic E-state index is -0.185. The summed E-state index contributed by atoms with van der Waals surface area (Å²) in [5.41, 5.74) is 3.83. The van der Waals surface area contributed by atoms with Crippen LogP contribution in [0.5, 0.6) is 0 Å². The van der Waals surface area contributed by atoms with Gasteiger partial charge in [0.25, 0.3) is 5.56 Å². The molecule has 0 fully saturated rings. The van der Waals surface area contributed by atoms with Gasteiger partial charge >= 0.3 is 0 Å². The molecule has 1 unspecified atom stereocenters. The van der Waals surface area contributed by atoms with Crippen molar-refractivity contribution in [3.05, 3.63) is 79.9 Å². The Labute approximate surface area is 230 Å². The van der Waals surface area contributed by atoms with Gasteiger partial charge in [0.1, 0.15) is 4.83 Å². The monoisotopic (exact) mass is 551 g/mol. The second-order valence-electron chi connectivity index (χ2n) is 10.7. The van der Waals surface area contributed by atoms with Gasteiger partial charge in [0, 0.05) is 15.6 Å². The van der Waals surface area contributed by atoms with Gasteiger partial charge in [0.15, 0.2) is 5.16 Å². The SMILES string of the molecule is Cc1ccc(-n2c(SCC(=O)Nc3cccc(Cl)c3)nc3sc4c(c3c2=O)CCC(C(C)(C)C)C4)cc1. The van der Waals surface area contributed by atoms with Gasteiger partial charge in [0.05, 0.1) is 16.8 Å². The number of thioether (sulfide) groups is 1. The molecule has 0 spiro atoms. The zero-order chi connectivity index (χ0) is 26.3. The fourth-order valence-electron chi connectivity index (χ4n) is 4.86. The Balaban J connectivity index is 1.53. The third-order valence-corrected chi connectivity index (χ3v) is 9.33. The number of anilines is 1. The number of nitrogens with one attached hydrogen (secondary N) is 1. The Morgan fingerprint density at radius 2 is 1.97 bits per heavy atom. The summed E-state index contributed by atoms with van der Waals surface area (Å²) in [4.78, 5) is 33.8. The van der Waals surface area contributed by atoms with E-state index in [4.69, 9.17) is 16.6 Å². The summed E-state index contributed by atoms with van der Waals surface area (Å²) in [5, 5.41) is 4.69. The summed E-state index contributed by atoms with van der Waals surface area (Å²) in [6.45, 7) is 8.90. The van der Waals surface area contributed by atoms with Gasteiger partial charge in [-0.25, -0.2) is 4.98 Å². The van der Waals surface area contributed by atoms with E-state index >= 15 is 0 Å². The predicted molar refractivity (Wildman–Crippen MR) is 156 cm³/mol. The molecule has 5 nitrogen and oxygen atoms in total. The molecule has 1 atom stereocenters. The number of fused-ring (bicyclic) bond motifs is 3. The van der Waals surface area contributed by atoms with Gasteiger partial charge in [-0.1, -0.05) is 67.9 Å². The van der Waals surface area contributed by atoms with E-state index in [1.54, 1.807) is 40.2 Å². The van der Waals surface area contributed by atoms with Crippen molar-refractivity contribution in [2.75, 3.05) is 11.1 Å². The average Bonchev–Trinajstić information content (AvgIpc) is 3.21. The minimum absolute atomic E-state index is 0.0571. The molecule has 0 radical (unpaired) electrons. The lowest BCUT2D eigenvalue weighted by Crippen LogP contribution is -2.27. The van der Waals surface area contributed by atoms with E-state index in [0.29, 0.717) is 21.8 Å². The fourth-order valence-corrected chi connectivity index (χ4v) is 7.20. The Morgan fingerprint density at radius 1 is 1.22 bits per heavy atom. The Kier molecular flexibility index (Phi) is 7.22. The van der Waals surface area contributed by atoms with Crippen LogP contribution in [0.2, 0.25) is 5.02 Å². The van der Waals surface area contributed by atoms with Crippen LogP contribution in [-0.2, 0) is 17.6 Å². The van der Waals surface area contributed by atoms with Crippen molar-refractivity contribution < 1.29 is 4.79 Å². The van der Waals surface area contributed by atoms with Crippen LogP contribution in [0.15, 0.2) is 58.5 Å². The first kappa shape index (κ1) is 26.0. The van der Waals surface area contributed by atoms with Gasteiger partial charge in [0.2, 0.25) is 5.91 Å². The number of halogens is 1. The minimum Gasteiger partial charge on any atom is -0.325 e. The van der Waals surface area contributed by atoms with Crippen molar-refractivity contribution in [1.29, 1.82) is 0 Å². The van der Waals surface area contributed by atoms with Crippen molar-refractivity contribution in [2.45, 2.75) is 52.1 Å². The Bertz CT molecular complexity index is 1530. The maximum absolute atomic E-state index is 14.0. The average molecular weight is 552 g/mol. The van der Waals surface area contributed by atoms with Crippen LogP contribution in [0.25, 0.3) is 15.9 Å². The van der Waals surface area contributed by atoms with Crippen molar-refractivity contribution in [1.82, 2.24) is 9.55 Å². The standard InChI is InChI=1S/C29H30ClN3O2S2/c1-17-8-11-21(12-9-17)33-27(35)25-22-13-10-18(29(2,3)4)14-23(22)37-26(25)32-28(33)36-16-24(34)31-20-7-5-6-19(30)15-20/h5-9,11-12,15,18H,10,13-14,16H2,1-4H3,(H,31,34). The molecule has 0 saturated heterocycles. The number of carbonyl (C=O) groups excluding carboxylic acids is 1. The third kappa shape index (κ3) is 5.49. The van der Waals surface area contributed by atoms with Crippen LogP contribution >= 0.6 is 34.7 Å². The lowest BCUT2D eigenvalue weighted by Gasteiger charge is -2.33. The van der Waals surface area contributed by atoms with Crippen LogP contribution in [0.4, 0.5) is 5.69 Å². The highest BCUT2D eigenvalue weighted by molar-refractivity contribution is 7.99. The molecule has 1 aliphatic carbocycles. The van der Waals surface area contributed by atoms with E-state index in [1.807, 2.05) is 31.2 Å². The molecule has 4 aromatic rings. The number of aromatic nitrogens is 2. The number of hydrogen-bond acceptors (Lipinski definition) is 5. The van der Waals surface area contributed by atoms with Crippen LogP contribution in [-0.4, -0.2) is 21.2 Å². The van der Waals surface area contributed by atoms with Gasteiger partial charge in [-0.15, -0.1) is 11.3 Å². The number of amides is 1. The zero-order valence-corrected chi connectivity index (χ0v) is 23.8. The normalized spacial score (nSPS) is 15.5. The zero-order valence-electron chi connectivity index (χ0n) is 21.4. The van der Waals surface area contributed by atoms with Gasteiger partial charge in [-0.05, 0) is 73.4 Å². The number of rotatable bonds is 5. The lowest BCUT2D eigenvalue weighted by atomic mass is 9.72. The van der Waals surface area contributed by atoms with Gasteiger partial charge in [-0.3, -0.25) is 14.2 Å². The summed E-state index contributed by atoms with van der Waals surface area (Å²) >= 11 is 8.96. The topological polar surface area (TPSA) is 64.0 Å². The highest BCUT2D eigenvalue weighted by Gasteiger charge is 2.32. The van der Waals surface area contributed by atoms with E-state index in [1.165, 1.54) is 16.6 Å². The quantitative estimate of drug-likeness (QED) is 0.209. The lowest BCUT2D eigenvalue weighted by molar-refractivity contribution is -0.113. The van der Waals surface area contributed by atoms with Crippen LogP contribution in [0.1, 0.15) is 43.2 Å². The van der Waals surface area contributed by atoms with Crippen molar-refractivity contribution in [2.24, 2.45) is 11.3 Å². The molecule has 8 heteroatoms. The number of thiophene rings is 1. The van der Waals surface area contributed by atoms with Crippen LogP contribution in [0.3, 0.4) is 0 Å². The number of aryl methyl sites for hydroxylation is 2. The molecule has 5 rings (SSSR count). The highest BCUT2D eigenvalue weighted by atomic mass is 35.5. The third-order valence-electron chi connectivity index (χ3n) is 7.01. The van der Waals surface area contributed by atoms with E-state index in [9.17, 15) is 9.59 Å². The number of benzene rings is 2. The predicted octanol–water partition coefficient (Wildman–Crippen LogP) is 7.29. The second-order valence-corrected chi connectivity index (χ2v) is 13.2. The Hall–Kier alpha value is -2.61. The molecule has 1 aliphatic rings. The van der Waals surface area contributed by atoms with Crippen LogP contribution < -0.4 is 10.9 Å². The van der Waals surface area contributed by atoms with E-state index in [-0.39, 0.29) is 22.6 Å². The summed E-state index contributed by atoms with van der Waals surface area (Å²) in [6, 6.07) is 14.9. The summed E-state index contributed by atoms with van der Waals surface area (Å²) < 4.78 is 1.67. The molecule has 0 bridgehead atoms. The first-order chi connectivity index (χ1) is 17.6. The second kappa shape index (κ2) is 10.3. The van der Waals surface area contributed by atoms with E-state index in [0.717, 1.165) is 46.3 Å². The maximum Gasteiger partial charge on any atom is 0.267 e. The first-order valence-corrected chi connectivity index (χ1v) is 14.6. The van der Waals surface area contributed by atoms with Crippen molar-refractivity contribution >= 4 is 56.5 Å². The molecule has 2 heterocycles. The van der Waals surface area contributed by atoms with Crippen molar-refractivity contribution in [3.8, 4) is 5.69 Å². The molecule has 37 heavy (non-hydrogen) atoms. The van der Waals surface area contributed by atoms with E-state index < -0.39 is 0 Å². The molecule has 0 saturated carbocycles. The van der Waals surface area contributed by atoms with Gasteiger partial charge < -0.3 is 5.32 Å². The maximum atomic E-state index is 14.0. The highest BCUT2D eigenvalue weighted by Crippen LogP contribution is 2.42. The van der Waals surface area contributed by atoms with E-state index in [2.05, 4.69) is 26.1 Å². The largest absolute Gasteiger partial charge is 0.325 e. The molecule has 1 amide bonds. The summed E-state index contributed by atoms with van der Waals surface area (Å²) in [7, 11) is 0. The summed E-state index contributed by atoms with van der Waals surface area (Å²) in [5.74, 6) is 0.514. The molecular formula is C29H30ClN3O2S2. The molecule has 2 aromatic carbocycles. The van der Waals surface area contributed by atoms with Crippen LogP contribution in [0, 0.1) is 18.3 Å². The fraction of sp³-hybridized carbons (Fsp3) is 0.345. The first-order valence-electron chi connectivity index (χ1n) is 12.4.